The first-order valence-electron chi connectivity index (χ1n) is 11.4. The quantitative estimate of drug-likeness (QED) is 0.221. The average molecular weight is 545 g/mol. The van der Waals surface area contributed by atoms with E-state index in [0.717, 1.165) is 6.07 Å². The summed E-state index contributed by atoms with van der Waals surface area (Å²) in [6.45, 7) is 3.82. The first kappa shape index (κ1) is 27.1. The van der Waals surface area contributed by atoms with Gasteiger partial charge in [-0.25, -0.2) is 23.7 Å². The van der Waals surface area contributed by atoms with Crippen LogP contribution in [0.3, 0.4) is 0 Å². The van der Waals surface area contributed by atoms with Crippen LogP contribution in [-0.2, 0) is 17.8 Å². The number of nitrogens with two attached hydrogens (primary N) is 1. The summed E-state index contributed by atoms with van der Waals surface area (Å²) in [6, 6.07) is 4.23. The monoisotopic (exact) mass is 544 g/mol. The van der Waals surface area contributed by atoms with Crippen molar-refractivity contribution in [2.45, 2.75) is 31.6 Å². The molecule has 0 fully saturated rings. The Balaban J connectivity index is 1.58. The van der Waals surface area contributed by atoms with Crippen LogP contribution in [0.25, 0.3) is 11.0 Å². The molecular weight excluding hydrogens is 518 g/mol. The van der Waals surface area contributed by atoms with Crippen molar-refractivity contribution in [3.63, 3.8) is 0 Å². The number of fused-ring (bicyclic) bond motifs is 1. The number of rotatable bonds is 10. The van der Waals surface area contributed by atoms with Crippen molar-refractivity contribution >= 4 is 39.5 Å². The molecule has 0 aliphatic rings. The predicted octanol–water partition coefficient (Wildman–Crippen LogP) is 3.94. The molecular formula is C24H26F2N8O3S. The van der Waals surface area contributed by atoms with Gasteiger partial charge >= 0.3 is 0 Å². The number of hydrogen-bond acceptors (Lipinski definition) is 11. The number of aliphatic imine (C=N–C) groups is 1. The van der Waals surface area contributed by atoms with Crippen LogP contribution in [0.15, 0.2) is 40.1 Å². The van der Waals surface area contributed by atoms with Gasteiger partial charge in [0.05, 0.1) is 18.3 Å². The normalized spacial score (nSPS) is 13.5. The zero-order valence-corrected chi connectivity index (χ0v) is 22.0. The second kappa shape index (κ2) is 11.6. The highest BCUT2D eigenvalue weighted by Gasteiger charge is 2.29. The van der Waals surface area contributed by atoms with Gasteiger partial charge in [0.25, 0.3) is 0 Å². The van der Waals surface area contributed by atoms with Crippen LogP contribution in [0.5, 0.6) is 5.88 Å². The van der Waals surface area contributed by atoms with E-state index in [4.69, 9.17) is 19.7 Å². The van der Waals surface area contributed by atoms with Gasteiger partial charge in [-0.1, -0.05) is 16.9 Å². The third kappa shape index (κ3) is 6.50. The van der Waals surface area contributed by atoms with Gasteiger partial charge in [0.15, 0.2) is 29.2 Å². The van der Waals surface area contributed by atoms with Gasteiger partial charge in [-0.15, -0.1) is 0 Å². The fourth-order valence-electron chi connectivity index (χ4n) is 3.73. The van der Waals surface area contributed by atoms with E-state index in [2.05, 4.69) is 35.4 Å². The number of halogens is 2. The molecule has 0 spiro atoms. The highest BCUT2D eigenvalue weighted by Crippen LogP contribution is 2.33. The standard InChI is InChI=1S/C24H26F2N8O3S/c1-13-31-18(34-37-13)11-36-19-10-30-21-17(33-19)5-6-29-22(21)32-15-7-14(20(26)16(25)8-15)9-24(2,12-35-4)38-23(27)28-3/h5-8,10H,9,11-12H2,1-4H3,(H2,27,28)(H,29,32)/t24-/m1/s1. The van der Waals surface area contributed by atoms with E-state index in [1.807, 2.05) is 6.92 Å². The van der Waals surface area contributed by atoms with Crippen molar-refractivity contribution in [3.8, 4) is 5.88 Å². The molecule has 0 unspecified atom stereocenters. The number of benzene rings is 1. The Bertz CT molecular complexity index is 1470. The average Bonchev–Trinajstić information content (AvgIpc) is 3.30. The highest BCUT2D eigenvalue weighted by atomic mass is 32.2. The van der Waals surface area contributed by atoms with Crippen molar-refractivity contribution < 1.29 is 22.8 Å². The molecule has 3 N–H and O–H groups in total. The van der Waals surface area contributed by atoms with Gasteiger partial charge in [-0.3, -0.25) is 4.99 Å². The summed E-state index contributed by atoms with van der Waals surface area (Å²) in [5.74, 6) is -0.599. The Morgan fingerprint density at radius 3 is 2.79 bits per heavy atom. The molecule has 0 amide bonds. The Morgan fingerprint density at radius 1 is 1.26 bits per heavy atom. The van der Waals surface area contributed by atoms with E-state index in [-0.39, 0.29) is 36.8 Å². The SMILES string of the molecule is CN=C(N)S[C@@](C)(COC)Cc1cc(Nc2nccc3nc(OCc4noc(C)n4)cnc23)cc(F)c1F. The van der Waals surface area contributed by atoms with Crippen molar-refractivity contribution in [2.75, 3.05) is 26.1 Å². The molecule has 0 aliphatic carbocycles. The summed E-state index contributed by atoms with van der Waals surface area (Å²) in [5.41, 5.74) is 7.21. The first-order chi connectivity index (χ1) is 18.2. The number of amidine groups is 1. The van der Waals surface area contributed by atoms with E-state index in [1.165, 1.54) is 37.3 Å². The topological polar surface area (TPSA) is 146 Å². The van der Waals surface area contributed by atoms with Crippen molar-refractivity contribution in [3.05, 3.63) is 59.5 Å². The molecule has 0 bridgehead atoms. The van der Waals surface area contributed by atoms with Crippen LogP contribution in [0, 0.1) is 18.6 Å². The third-order valence-corrected chi connectivity index (χ3v) is 6.45. The van der Waals surface area contributed by atoms with Crippen molar-refractivity contribution in [1.82, 2.24) is 25.1 Å². The number of methoxy groups -OCH3 is 1. The fraction of sp³-hybridized carbons (Fsp3) is 0.333. The lowest BCUT2D eigenvalue weighted by Crippen LogP contribution is -2.33. The maximum absolute atomic E-state index is 14.8. The molecule has 11 nitrogen and oxygen atoms in total. The fourth-order valence-corrected chi connectivity index (χ4v) is 4.74. The number of hydrogen-bond donors (Lipinski definition) is 2. The Labute approximate surface area is 221 Å². The van der Waals surface area contributed by atoms with E-state index < -0.39 is 16.4 Å². The summed E-state index contributed by atoms with van der Waals surface area (Å²) in [4.78, 5) is 21.2. The largest absolute Gasteiger partial charge is 0.468 e. The van der Waals surface area contributed by atoms with E-state index in [0.29, 0.717) is 33.7 Å². The first-order valence-corrected chi connectivity index (χ1v) is 12.2. The molecule has 0 radical (unpaired) electrons. The molecule has 0 saturated heterocycles. The predicted molar refractivity (Wildman–Crippen MR) is 139 cm³/mol. The molecule has 1 aromatic carbocycles. The number of ether oxygens (including phenoxy) is 2. The zero-order chi connectivity index (χ0) is 27.3. The summed E-state index contributed by atoms with van der Waals surface area (Å²) in [6.07, 6.45) is 3.07. The van der Waals surface area contributed by atoms with Crippen LogP contribution < -0.4 is 15.8 Å². The number of nitrogens with one attached hydrogen (secondary N) is 1. The summed E-state index contributed by atoms with van der Waals surface area (Å²) >= 11 is 1.24. The number of aryl methyl sites for hydroxylation is 1. The van der Waals surface area contributed by atoms with Gasteiger partial charge in [0.1, 0.15) is 5.52 Å². The van der Waals surface area contributed by atoms with E-state index in [1.54, 1.807) is 20.0 Å². The smallest absolute Gasteiger partial charge is 0.233 e. The van der Waals surface area contributed by atoms with Crippen molar-refractivity contribution in [2.24, 2.45) is 10.7 Å². The van der Waals surface area contributed by atoms with Crippen LogP contribution in [0.4, 0.5) is 20.3 Å². The molecule has 3 heterocycles. The maximum atomic E-state index is 14.8. The van der Waals surface area contributed by atoms with E-state index >= 15 is 0 Å². The Kier molecular flexibility index (Phi) is 8.32. The molecule has 1 atom stereocenters. The van der Waals surface area contributed by atoms with Gasteiger partial charge < -0.3 is 25.0 Å². The maximum Gasteiger partial charge on any atom is 0.233 e. The molecule has 14 heteroatoms. The van der Waals surface area contributed by atoms with Crippen LogP contribution in [0.2, 0.25) is 0 Å². The van der Waals surface area contributed by atoms with Gasteiger partial charge in [-0.2, -0.15) is 4.98 Å². The van der Waals surface area contributed by atoms with Crippen LogP contribution >= 0.6 is 11.8 Å². The summed E-state index contributed by atoms with van der Waals surface area (Å²) < 4.78 is 44.6. The minimum Gasteiger partial charge on any atom is -0.468 e. The lowest BCUT2D eigenvalue weighted by atomic mass is 9.99. The number of pyridine rings is 1. The number of nitrogens with zero attached hydrogens (tertiary/aromatic N) is 6. The summed E-state index contributed by atoms with van der Waals surface area (Å²) in [5, 5.41) is 7.11. The molecule has 4 aromatic rings. The molecule has 4 rings (SSSR count). The van der Waals surface area contributed by atoms with Crippen LogP contribution in [0.1, 0.15) is 24.2 Å². The van der Waals surface area contributed by atoms with Gasteiger partial charge in [0, 0.05) is 43.8 Å². The highest BCUT2D eigenvalue weighted by molar-refractivity contribution is 8.15. The van der Waals surface area contributed by atoms with E-state index in [9.17, 15) is 8.78 Å². The van der Waals surface area contributed by atoms with Crippen molar-refractivity contribution in [1.29, 1.82) is 0 Å². The molecule has 0 saturated carbocycles. The minimum atomic E-state index is -1.01. The Morgan fingerprint density at radius 2 is 2.08 bits per heavy atom. The second-order valence-corrected chi connectivity index (χ2v) is 10.1. The number of anilines is 2. The summed E-state index contributed by atoms with van der Waals surface area (Å²) in [7, 11) is 3.09. The third-order valence-electron chi connectivity index (χ3n) is 5.31. The molecule has 0 aliphatic heterocycles. The molecule has 38 heavy (non-hydrogen) atoms. The van der Waals surface area contributed by atoms with Gasteiger partial charge in [-0.05, 0) is 31.0 Å². The zero-order valence-electron chi connectivity index (χ0n) is 21.2. The minimum absolute atomic E-state index is 0.0569. The number of thioether (sulfide) groups is 1. The molecule has 200 valence electrons. The lowest BCUT2D eigenvalue weighted by Gasteiger charge is -2.28. The number of aromatic nitrogens is 5. The lowest BCUT2D eigenvalue weighted by molar-refractivity contribution is 0.173. The van der Waals surface area contributed by atoms with Crippen LogP contribution in [-0.4, -0.2) is 55.8 Å². The second-order valence-electron chi connectivity index (χ2n) is 8.53. The molecule has 3 aromatic heterocycles. The Hall–Kier alpha value is -3.91. The van der Waals surface area contributed by atoms with Gasteiger partial charge in [0.2, 0.25) is 17.6 Å².